The van der Waals surface area contributed by atoms with Crippen LogP contribution in [0.4, 0.5) is 34.1 Å². The summed E-state index contributed by atoms with van der Waals surface area (Å²) in [5.41, 5.74) is 10.2. The number of fused-ring (bicyclic) bond motifs is 4. The highest BCUT2D eigenvalue weighted by atomic mass is 79.9. The number of hydrogen-bond donors (Lipinski definition) is 0. The number of aromatic nitrogens is 1. The molecule has 0 spiro atoms. The summed E-state index contributed by atoms with van der Waals surface area (Å²) in [7, 11) is -3.62. The van der Waals surface area contributed by atoms with Crippen LogP contribution >= 0.6 is 23.4 Å². The number of para-hydroxylation sites is 3. The lowest BCUT2D eigenvalue weighted by atomic mass is 9.95. The number of anilines is 6. The molecule has 1 aliphatic heterocycles. The van der Waals surface area contributed by atoms with Crippen molar-refractivity contribution in [2.75, 3.05) is 14.2 Å². The largest absolute Gasteiger partial charge is 0.314 e. The van der Waals surface area contributed by atoms with Gasteiger partial charge in [-0.3, -0.25) is 13.9 Å². The van der Waals surface area contributed by atoms with Crippen molar-refractivity contribution in [1.29, 1.82) is 0 Å². The molecule has 7 aromatic carbocycles. The van der Waals surface area contributed by atoms with Crippen LogP contribution in [0, 0.1) is 5.92 Å². The molecule has 0 saturated carbocycles. The summed E-state index contributed by atoms with van der Waals surface area (Å²) in [6.07, 6.45) is 10.1. The molecular formula is C51H42BrN4OP. The molecule has 7 heteroatoms. The molecule has 5 nitrogen and oxygen atoms in total. The maximum atomic E-state index is 16.7. The summed E-state index contributed by atoms with van der Waals surface area (Å²) in [5.74, 6) is 0.375. The predicted molar refractivity (Wildman–Crippen MR) is 248 cm³/mol. The quantitative estimate of drug-likeness (QED) is 0.150. The first-order valence-corrected chi connectivity index (χ1v) is 22.4. The second kappa shape index (κ2) is 15.0. The first kappa shape index (κ1) is 36.3. The van der Waals surface area contributed by atoms with Crippen LogP contribution in [0.3, 0.4) is 0 Å². The van der Waals surface area contributed by atoms with Gasteiger partial charge < -0.3 is 9.47 Å². The highest BCUT2D eigenvalue weighted by Gasteiger charge is 2.49. The summed E-state index contributed by atoms with van der Waals surface area (Å²) in [6.45, 7) is 2.33. The van der Waals surface area contributed by atoms with Gasteiger partial charge in [0.05, 0.1) is 33.4 Å². The van der Waals surface area contributed by atoms with Crippen molar-refractivity contribution in [3.63, 3.8) is 0 Å². The average Bonchev–Trinajstić information content (AvgIpc) is 3.73. The molecule has 1 aliphatic carbocycles. The molecule has 284 valence electrons. The zero-order valence-electron chi connectivity index (χ0n) is 32.2. The zero-order valence-corrected chi connectivity index (χ0v) is 34.7. The van der Waals surface area contributed by atoms with E-state index in [9.17, 15) is 0 Å². The van der Waals surface area contributed by atoms with Gasteiger partial charge in [0.1, 0.15) is 0 Å². The summed E-state index contributed by atoms with van der Waals surface area (Å²) < 4.78 is 24.1. The van der Waals surface area contributed by atoms with Gasteiger partial charge >= 0.3 is 7.44 Å². The van der Waals surface area contributed by atoms with Gasteiger partial charge in [-0.25, -0.2) is 0 Å². The van der Waals surface area contributed by atoms with E-state index in [-0.39, 0.29) is 0 Å². The fraction of sp³-hybridized carbons (Fsp3) is 0.0980. The van der Waals surface area contributed by atoms with E-state index < -0.39 is 7.44 Å². The summed E-state index contributed by atoms with van der Waals surface area (Å²) in [6, 6.07) is 61.0. The molecule has 0 bridgehead atoms. The SMILES string of the molecule is CC1CCC/C=C\C=C1N(c1ccccc1)c1ccc(N2c3ccc(Br)cc3N(c3ccc4c(c3)c3ccccc3n4-c3ccccc3)P2(=O)c2ccccc2)cc1. The lowest BCUT2D eigenvalue weighted by molar-refractivity contribution is 0.572. The Morgan fingerprint density at radius 2 is 1.24 bits per heavy atom. The molecule has 2 aliphatic rings. The molecule has 0 amide bonds. The molecule has 8 aromatic rings. The van der Waals surface area contributed by atoms with Crippen molar-refractivity contribution in [2.24, 2.45) is 5.92 Å². The van der Waals surface area contributed by atoms with E-state index in [0.29, 0.717) is 5.92 Å². The van der Waals surface area contributed by atoms with Crippen molar-refractivity contribution in [2.45, 2.75) is 26.2 Å². The van der Waals surface area contributed by atoms with Gasteiger partial charge in [-0.1, -0.05) is 108 Å². The van der Waals surface area contributed by atoms with Gasteiger partial charge in [-0.15, -0.1) is 0 Å². The Kier molecular flexibility index (Phi) is 9.40. The van der Waals surface area contributed by atoms with Crippen LogP contribution in [-0.2, 0) is 4.57 Å². The number of allylic oxidation sites excluding steroid dienone is 4. The normalized spacial score (nSPS) is 18.4. The van der Waals surface area contributed by atoms with Gasteiger partial charge in [0.2, 0.25) is 0 Å². The summed E-state index contributed by atoms with van der Waals surface area (Å²) in [5, 5.41) is 3.00. The van der Waals surface area contributed by atoms with Crippen molar-refractivity contribution in [3.05, 3.63) is 204 Å². The van der Waals surface area contributed by atoms with Crippen LogP contribution in [0.1, 0.15) is 26.2 Å². The highest BCUT2D eigenvalue weighted by Crippen LogP contribution is 2.70. The topological polar surface area (TPSA) is 31.7 Å². The van der Waals surface area contributed by atoms with Crippen LogP contribution in [0.2, 0.25) is 0 Å². The minimum absolute atomic E-state index is 0.375. The van der Waals surface area contributed by atoms with E-state index in [1.54, 1.807) is 0 Å². The Morgan fingerprint density at radius 1 is 0.603 bits per heavy atom. The molecular weight excluding hydrogens is 795 g/mol. The minimum Gasteiger partial charge on any atom is -0.314 e. The van der Waals surface area contributed by atoms with Crippen molar-refractivity contribution >= 4 is 84.6 Å². The molecule has 2 unspecified atom stereocenters. The molecule has 0 radical (unpaired) electrons. The van der Waals surface area contributed by atoms with Crippen molar-refractivity contribution in [1.82, 2.24) is 4.57 Å². The number of nitrogens with zero attached hydrogens (tertiary/aromatic N) is 4. The number of hydrogen-bond acceptors (Lipinski definition) is 2. The molecule has 0 saturated heterocycles. The fourth-order valence-corrected chi connectivity index (χ4v) is 12.1. The second-order valence-electron chi connectivity index (χ2n) is 15.1. The van der Waals surface area contributed by atoms with Gasteiger partial charge in [0, 0.05) is 43.7 Å². The monoisotopic (exact) mass is 836 g/mol. The number of halogens is 1. The van der Waals surface area contributed by atoms with E-state index in [1.807, 2.05) is 42.5 Å². The third-order valence-electron chi connectivity index (χ3n) is 11.5. The molecule has 2 atom stereocenters. The first-order valence-electron chi connectivity index (χ1n) is 20.0. The summed E-state index contributed by atoms with van der Waals surface area (Å²) >= 11 is 3.78. The lowest BCUT2D eigenvalue weighted by Crippen LogP contribution is -2.26. The Balaban J connectivity index is 1.15. The van der Waals surface area contributed by atoms with Crippen molar-refractivity contribution in [3.8, 4) is 5.69 Å². The lowest BCUT2D eigenvalue weighted by Gasteiger charge is -2.34. The smallest absolute Gasteiger partial charge is 0.301 e. The zero-order chi connectivity index (χ0) is 39.2. The second-order valence-corrected chi connectivity index (χ2v) is 18.4. The average molecular weight is 838 g/mol. The maximum absolute atomic E-state index is 16.7. The van der Waals surface area contributed by atoms with E-state index >= 15 is 4.57 Å². The molecule has 10 rings (SSSR count). The van der Waals surface area contributed by atoms with E-state index in [0.717, 1.165) is 90.7 Å². The maximum Gasteiger partial charge on any atom is 0.301 e. The molecule has 2 heterocycles. The van der Waals surface area contributed by atoms with Crippen LogP contribution in [0.5, 0.6) is 0 Å². The number of rotatable bonds is 7. The van der Waals surface area contributed by atoms with Gasteiger partial charge in [0.15, 0.2) is 0 Å². The van der Waals surface area contributed by atoms with Crippen LogP contribution < -0.4 is 19.5 Å². The number of benzene rings is 7. The predicted octanol–water partition coefficient (Wildman–Crippen LogP) is 14.8. The highest BCUT2D eigenvalue weighted by molar-refractivity contribution is 9.10. The van der Waals surface area contributed by atoms with Gasteiger partial charge in [0.25, 0.3) is 0 Å². The van der Waals surface area contributed by atoms with Crippen LogP contribution in [0.15, 0.2) is 204 Å². The van der Waals surface area contributed by atoms with Gasteiger partial charge in [-0.05, 0) is 134 Å². The standard InChI is InChI=1S/C51H42BrN4OP/c1-37-17-7-2-3-14-25-47(37)53(39-18-8-4-9-19-39)41-28-30-42(31-29-41)55-50-33-27-38(52)35-51(50)56(58(55,57)44-22-12-6-13-23-44)43-32-34-49-46(36-43)45-24-15-16-26-48(45)54(49)40-20-10-5-11-21-40/h3-6,8-16,18-37H,2,7,17H2,1H3/b14-3-,47-25?. The Bertz CT molecular complexity index is 2890. The third-order valence-corrected chi connectivity index (χ3v) is 14.9. The molecule has 1 aromatic heterocycles. The Hall–Kier alpha value is -6.07. The molecule has 58 heavy (non-hydrogen) atoms. The Labute approximate surface area is 348 Å². The van der Waals surface area contributed by atoms with E-state index in [4.69, 9.17) is 0 Å². The molecule has 0 fully saturated rings. The fourth-order valence-electron chi connectivity index (χ4n) is 8.80. The van der Waals surface area contributed by atoms with E-state index in [1.165, 1.54) is 5.70 Å². The van der Waals surface area contributed by atoms with Crippen molar-refractivity contribution < 1.29 is 4.57 Å². The Morgan fingerprint density at radius 3 is 2.02 bits per heavy atom. The van der Waals surface area contributed by atoms with Crippen LogP contribution in [-0.4, -0.2) is 4.57 Å². The minimum atomic E-state index is -3.62. The third kappa shape index (κ3) is 6.11. The van der Waals surface area contributed by atoms with Gasteiger partial charge in [-0.2, -0.15) is 0 Å². The summed E-state index contributed by atoms with van der Waals surface area (Å²) in [4.78, 5) is 2.38. The van der Waals surface area contributed by atoms with E-state index in [2.05, 4.69) is 193 Å². The van der Waals surface area contributed by atoms with Crippen LogP contribution in [0.25, 0.3) is 27.5 Å². The first-order chi connectivity index (χ1) is 28.5. The molecule has 0 N–H and O–H groups in total.